The molecule has 0 fully saturated rings. The van der Waals surface area contributed by atoms with Gasteiger partial charge in [-0.3, -0.25) is 4.79 Å². The first kappa shape index (κ1) is 15.8. The molecule has 0 aliphatic heterocycles. The second-order valence-corrected chi connectivity index (χ2v) is 5.50. The zero-order valence-corrected chi connectivity index (χ0v) is 13.5. The Morgan fingerprint density at radius 2 is 1.88 bits per heavy atom. The van der Waals surface area contributed by atoms with Gasteiger partial charge in [0, 0.05) is 17.1 Å². The Kier molecular flexibility index (Phi) is 4.07. The zero-order chi connectivity index (χ0) is 17.3. The SMILES string of the molecule is Cc1cc(C(=O)Nc2ccc(-n3nc(C)cc3C)c(F)c2)ncn1. The normalized spacial score (nSPS) is 10.7. The predicted molar refractivity (Wildman–Crippen MR) is 87.7 cm³/mol. The molecule has 24 heavy (non-hydrogen) atoms. The summed E-state index contributed by atoms with van der Waals surface area (Å²) in [6, 6.07) is 7.90. The number of halogens is 1. The van der Waals surface area contributed by atoms with Crippen LogP contribution in [-0.4, -0.2) is 25.7 Å². The molecular formula is C17H16FN5O. The molecule has 1 aromatic carbocycles. The maximum absolute atomic E-state index is 14.4. The van der Waals surface area contributed by atoms with Gasteiger partial charge in [-0.15, -0.1) is 0 Å². The molecule has 2 heterocycles. The number of benzene rings is 1. The van der Waals surface area contributed by atoms with Crippen LogP contribution in [0.3, 0.4) is 0 Å². The molecule has 122 valence electrons. The second-order valence-electron chi connectivity index (χ2n) is 5.50. The van der Waals surface area contributed by atoms with Crippen molar-refractivity contribution in [1.29, 1.82) is 0 Å². The Morgan fingerprint density at radius 3 is 2.50 bits per heavy atom. The Bertz CT molecular complexity index is 919. The predicted octanol–water partition coefficient (Wildman–Crippen LogP) is 2.98. The van der Waals surface area contributed by atoms with Gasteiger partial charge in [0.05, 0.1) is 5.69 Å². The van der Waals surface area contributed by atoms with Crippen LogP contribution in [-0.2, 0) is 0 Å². The van der Waals surface area contributed by atoms with Crippen LogP contribution in [0.25, 0.3) is 5.69 Å². The highest BCUT2D eigenvalue weighted by Gasteiger charge is 2.12. The van der Waals surface area contributed by atoms with E-state index in [1.54, 1.807) is 25.1 Å². The van der Waals surface area contributed by atoms with Crippen LogP contribution in [0.2, 0.25) is 0 Å². The lowest BCUT2D eigenvalue weighted by molar-refractivity contribution is 0.102. The minimum absolute atomic E-state index is 0.227. The van der Waals surface area contributed by atoms with Crippen molar-refractivity contribution in [2.45, 2.75) is 20.8 Å². The molecule has 0 saturated heterocycles. The van der Waals surface area contributed by atoms with Crippen molar-refractivity contribution >= 4 is 11.6 Å². The average molecular weight is 325 g/mol. The molecular weight excluding hydrogens is 309 g/mol. The maximum Gasteiger partial charge on any atom is 0.274 e. The largest absolute Gasteiger partial charge is 0.321 e. The molecule has 1 amide bonds. The number of rotatable bonds is 3. The van der Waals surface area contributed by atoms with Gasteiger partial charge in [-0.25, -0.2) is 19.0 Å². The molecule has 0 unspecified atom stereocenters. The summed E-state index contributed by atoms with van der Waals surface area (Å²) in [6.45, 7) is 5.47. The van der Waals surface area contributed by atoms with Crippen LogP contribution in [0.5, 0.6) is 0 Å². The highest BCUT2D eigenvalue weighted by molar-refractivity contribution is 6.02. The summed E-state index contributed by atoms with van der Waals surface area (Å²) >= 11 is 0. The number of nitrogens with zero attached hydrogens (tertiary/aromatic N) is 4. The van der Waals surface area contributed by atoms with Crippen molar-refractivity contribution in [3.05, 3.63) is 65.3 Å². The van der Waals surface area contributed by atoms with Crippen LogP contribution >= 0.6 is 0 Å². The van der Waals surface area contributed by atoms with Gasteiger partial charge < -0.3 is 5.32 Å². The fourth-order valence-corrected chi connectivity index (χ4v) is 2.40. The summed E-state index contributed by atoms with van der Waals surface area (Å²) < 4.78 is 15.9. The van der Waals surface area contributed by atoms with Crippen LogP contribution in [0.4, 0.5) is 10.1 Å². The number of aryl methyl sites for hydroxylation is 3. The van der Waals surface area contributed by atoms with Crippen molar-refractivity contribution < 1.29 is 9.18 Å². The molecule has 0 bridgehead atoms. The van der Waals surface area contributed by atoms with Crippen LogP contribution < -0.4 is 5.32 Å². The van der Waals surface area contributed by atoms with E-state index in [9.17, 15) is 9.18 Å². The lowest BCUT2D eigenvalue weighted by atomic mass is 10.2. The van der Waals surface area contributed by atoms with Gasteiger partial charge in [0.25, 0.3) is 5.91 Å². The van der Waals surface area contributed by atoms with Crippen molar-refractivity contribution in [2.24, 2.45) is 0 Å². The fraction of sp³-hybridized carbons (Fsp3) is 0.176. The third-order valence-electron chi connectivity index (χ3n) is 3.48. The summed E-state index contributed by atoms with van der Waals surface area (Å²) in [5.41, 5.74) is 3.23. The molecule has 2 aromatic heterocycles. The van der Waals surface area contributed by atoms with E-state index in [-0.39, 0.29) is 5.69 Å². The topological polar surface area (TPSA) is 72.7 Å². The minimum Gasteiger partial charge on any atom is -0.321 e. The van der Waals surface area contributed by atoms with Gasteiger partial charge in [-0.05, 0) is 51.1 Å². The molecule has 3 rings (SSSR count). The van der Waals surface area contributed by atoms with E-state index in [0.29, 0.717) is 17.1 Å². The van der Waals surface area contributed by atoms with E-state index in [2.05, 4.69) is 20.4 Å². The molecule has 0 saturated carbocycles. The number of hydrogen-bond acceptors (Lipinski definition) is 4. The number of anilines is 1. The summed E-state index contributed by atoms with van der Waals surface area (Å²) in [4.78, 5) is 20.0. The van der Waals surface area contributed by atoms with E-state index in [1.807, 2.05) is 19.9 Å². The Morgan fingerprint density at radius 1 is 1.08 bits per heavy atom. The van der Waals surface area contributed by atoms with Gasteiger partial charge in [-0.1, -0.05) is 0 Å². The monoisotopic (exact) mass is 325 g/mol. The van der Waals surface area contributed by atoms with E-state index >= 15 is 0 Å². The standard InChI is InChI=1S/C17H16FN5O/c1-10-7-15(20-9-19-10)17(24)21-13-4-5-16(14(18)8-13)23-12(3)6-11(2)22-23/h4-9H,1-3H3,(H,21,24). The lowest BCUT2D eigenvalue weighted by Crippen LogP contribution is -2.14. The Labute approximate surface area is 138 Å². The number of aromatic nitrogens is 4. The molecule has 1 N–H and O–H groups in total. The Balaban J connectivity index is 1.85. The third-order valence-corrected chi connectivity index (χ3v) is 3.48. The highest BCUT2D eigenvalue weighted by Crippen LogP contribution is 2.20. The molecule has 0 spiro atoms. The summed E-state index contributed by atoms with van der Waals surface area (Å²) in [6.07, 6.45) is 1.32. The number of amides is 1. The zero-order valence-electron chi connectivity index (χ0n) is 13.5. The minimum atomic E-state index is -0.474. The molecule has 7 heteroatoms. The van der Waals surface area contributed by atoms with Crippen molar-refractivity contribution in [1.82, 2.24) is 19.7 Å². The lowest BCUT2D eigenvalue weighted by Gasteiger charge is -2.09. The van der Waals surface area contributed by atoms with E-state index < -0.39 is 11.7 Å². The van der Waals surface area contributed by atoms with Crippen LogP contribution in [0, 0.1) is 26.6 Å². The van der Waals surface area contributed by atoms with Crippen molar-refractivity contribution in [3.8, 4) is 5.69 Å². The average Bonchev–Trinajstić information content (AvgIpc) is 2.86. The van der Waals surface area contributed by atoms with Crippen molar-refractivity contribution in [3.63, 3.8) is 0 Å². The first-order chi connectivity index (χ1) is 11.4. The molecule has 0 aliphatic rings. The molecule has 0 atom stereocenters. The summed E-state index contributed by atoms with van der Waals surface area (Å²) in [5.74, 6) is -0.892. The van der Waals surface area contributed by atoms with E-state index in [4.69, 9.17) is 0 Å². The number of carbonyl (C=O) groups is 1. The summed E-state index contributed by atoms with van der Waals surface area (Å²) in [5, 5.41) is 6.89. The Hall–Kier alpha value is -3.09. The molecule has 3 aromatic rings. The number of hydrogen-bond donors (Lipinski definition) is 1. The van der Waals surface area contributed by atoms with Gasteiger partial charge in [0.15, 0.2) is 5.82 Å². The first-order valence-corrected chi connectivity index (χ1v) is 7.37. The first-order valence-electron chi connectivity index (χ1n) is 7.37. The van der Waals surface area contributed by atoms with Crippen LogP contribution in [0.15, 0.2) is 36.7 Å². The number of nitrogens with one attached hydrogen (secondary N) is 1. The van der Waals surface area contributed by atoms with Gasteiger partial charge >= 0.3 is 0 Å². The van der Waals surface area contributed by atoms with E-state index in [0.717, 1.165) is 11.4 Å². The smallest absolute Gasteiger partial charge is 0.274 e. The quantitative estimate of drug-likeness (QED) is 0.803. The van der Waals surface area contributed by atoms with Gasteiger partial charge in [-0.2, -0.15) is 5.10 Å². The molecule has 6 nitrogen and oxygen atoms in total. The molecule has 0 aliphatic carbocycles. The highest BCUT2D eigenvalue weighted by atomic mass is 19.1. The van der Waals surface area contributed by atoms with Gasteiger partial charge in [0.1, 0.15) is 17.7 Å². The van der Waals surface area contributed by atoms with Gasteiger partial charge in [0.2, 0.25) is 0 Å². The number of carbonyl (C=O) groups excluding carboxylic acids is 1. The van der Waals surface area contributed by atoms with Crippen molar-refractivity contribution in [2.75, 3.05) is 5.32 Å². The second kappa shape index (κ2) is 6.19. The van der Waals surface area contributed by atoms with E-state index in [1.165, 1.54) is 17.1 Å². The molecule has 0 radical (unpaired) electrons. The maximum atomic E-state index is 14.4. The van der Waals surface area contributed by atoms with Crippen LogP contribution in [0.1, 0.15) is 27.6 Å². The fourth-order valence-electron chi connectivity index (χ4n) is 2.40. The summed E-state index contributed by atoms with van der Waals surface area (Å²) in [7, 11) is 0. The third kappa shape index (κ3) is 3.15.